The topological polar surface area (TPSA) is 139 Å². The summed E-state index contributed by atoms with van der Waals surface area (Å²) in [6, 6.07) is 3.35. The Morgan fingerprint density at radius 1 is 0.606 bits per heavy atom. The van der Waals surface area contributed by atoms with E-state index in [1.54, 1.807) is 17.0 Å². The average Bonchev–Trinajstić information content (AvgIpc) is 3.78. The Hall–Kier alpha value is -4.57. The van der Waals surface area contributed by atoms with E-state index in [1.165, 1.54) is 89.9 Å². The Labute approximate surface area is 428 Å². The molecule has 0 amide bonds. The summed E-state index contributed by atoms with van der Waals surface area (Å²) in [6.07, 6.45) is 29.2. The van der Waals surface area contributed by atoms with Gasteiger partial charge in [-0.15, -0.1) is 0 Å². The smallest absolute Gasteiger partial charge is 0.339 e. The second-order valence-electron chi connectivity index (χ2n) is 21.0. The van der Waals surface area contributed by atoms with Crippen LogP contribution in [0.2, 0.25) is 0 Å². The van der Waals surface area contributed by atoms with Gasteiger partial charge in [0, 0.05) is 18.7 Å². The van der Waals surface area contributed by atoms with E-state index in [1.807, 2.05) is 0 Å². The van der Waals surface area contributed by atoms with Crippen LogP contribution in [0, 0.1) is 53.9 Å². The number of ether oxygens (including phenoxy) is 5. The van der Waals surface area contributed by atoms with Crippen LogP contribution in [0.25, 0.3) is 4.85 Å². The van der Waals surface area contributed by atoms with E-state index in [0.717, 1.165) is 99.0 Å². The zero-order chi connectivity index (χ0) is 50.5. The summed E-state index contributed by atoms with van der Waals surface area (Å²) in [7, 11) is 0. The second-order valence-corrected chi connectivity index (χ2v) is 22.0. The van der Waals surface area contributed by atoms with Crippen LogP contribution in [0.15, 0.2) is 53.1 Å². The van der Waals surface area contributed by atoms with E-state index in [4.69, 9.17) is 30.3 Å². The number of anilines is 1. The maximum absolute atomic E-state index is 14.2. The molecule has 6 rings (SSSR count). The van der Waals surface area contributed by atoms with Crippen molar-refractivity contribution >= 4 is 47.3 Å². The first-order chi connectivity index (χ1) is 34.6. The molecule has 5 aliphatic rings. The molecule has 0 bridgehead atoms. The first-order valence-corrected chi connectivity index (χ1v) is 28.3. The molecular weight excluding hydrogens is 917 g/mol. The van der Waals surface area contributed by atoms with Gasteiger partial charge in [-0.05, 0) is 150 Å². The number of thioether (sulfide) groups is 1. The number of esters is 5. The number of hydrogen-bond acceptors (Lipinski definition) is 12. The largest absolute Gasteiger partial charge is 0.470 e. The maximum Gasteiger partial charge on any atom is 0.339 e. The van der Waals surface area contributed by atoms with Crippen molar-refractivity contribution < 1.29 is 47.7 Å². The number of nitrogens with zero attached hydrogens (tertiary/aromatic N) is 2. The predicted octanol–water partition coefficient (Wildman–Crippen LogP) is 13.7. The second kappa shape index (κ2) is 29.2. The summed E-state index contributed by atoms with van der Waals surface area (Å²) in [5.74, 6) is 1.92. The Kier molecular flexibility index (Phi) is 22.9. The van der Waals surface area contributed by atoms with Gasteiger partial charge in [-0.2, -0.15) is 0 Å². The molecule has 0 N–H and O–H groups in total. The molecule has 4 aliphatic carbocycles. The number of carbonyl (C=O) groups is 5. The van der Waals surface area contributed by atoms with E-state index in [0.29, 0.717) is 48.1 Å². The fourth-order valence-electron chi connectivity index (χ4n) is 12.1. The molecule has 0 unspecified atom stereocenters. The first-order valence-electron chi connectivity index (χ1n) is 27.5. The first kappa shape index (κ1) is 55.7. The van der Waals surface area contributed by atoms with Gasteiger partial charge in [-0.1, -0.05) is 103 Å². The van der Waals surface area contributed by atoms with Crippen molar-refractivity contribution in [3.8, 4) is 11.5 Å². The summed E-state index contributed by atoms with van der Waals surface area (Å²) >= 11 is 1.12. The molecule has 1 aromatic carbocycles. The van der Waals surface area contributed by atoms with Gasteiger partial charge in [0.15, 0.2) is 5.75 Å². The van der Waals surface area contributed by atoms with E-state index in [-0.39, 0.29) is 72.4 Å². The highest BCUT2D eigenvalue weighted by molar-refractivity contribution is 8.04. The summed E-state index contributed by atoms with van der Waals surface area (Å²) in [4.78, 5) is 71.5. The highest BCUT2D eigenvalue weighted by Gasteiger charge is 2.40. The lowest BCUT2D eigenvalue weighted by Crippen LogP contribution is -2.30. The zero-order valence-electron chi connectivity index (χ0n) is 42.9. The van der Waals surface area contributed by atoms with Crippen molar-refractivity contribution in [3.63, 3.8) is 0 Å². The Bertz CT molecular complexity index is 2030. The zero-order valence-corrected chi connectivity index (χ0v) is 43.8. The lowest BCUT2D eigenvalue weighted by Gasteiger charge is -2.37. The van der Waals surface area contributed by atoms with Crippen molar-refractivity contribution in [2.24, 2.45) is 47.3 Å². The molecule has 1 heterocycles. The molecular formula is C58H82N2O10S. The van der Waals surface area contributed by atoms with Crippen LogP contribution in [0.1, 0.15) is 181 Å². The molecule has 0 atom stereocenters. The summed E-state index contributed by atoms with van der Waals surface area (Å²) < 4.78 is 28.6. The van der Waals surface area contributed by atoms with Crippen molar-refractivity contribution in [2.75, 3.05) is 31.3 Å². The van der Waals surface area contributed by atoms with Crippen molar-refractivity contribution in [2.45, 2.75) is 186 Å². The van der Waals surface area contributed by atoms with Gasteiger partial charge in [0.05, 0.1) is 48.2 Å². The Morgan fingerprint density at radius 2 is 1.03 bits per heavy atom. The molecule has 13 heteroatoms. The van der Waals surface area contributed by atoms with Crippen LogP contribution >= 0.6 is 11.8 Å². The van der Waals surface area contributed by atoms with Gasteiger partial charge in [0.1, 0.15) is 11.4 Å². The normalized spacial score (nSPS) is 26.0. The Balaban J connectivity index is 1.20. The minimum atomic E-state index is -0.835. The van der Waals surface area contributed by atoms with Gasteiger partial charge in [-0.25, -0.2) is 14.4 Å². The van der Waals surface area contributed by atoms with E-state index < -0.39 is 17.9 Å². The van der Waals surface area contributed by atoms with E-state index >= 15 is 0 Å². The van der Waals surface area contributed by atoms with Crippen LogP contribution in [0.3, 0.4) is 0 Å². The Morgan fingerprint density at radius 3 is 1.48 bits per heavy atom. The third kappa shape index (κ3) is 16.2. The highest BCUT2D eigenvalue weighted by atomic mass is 32.2. The van der Waals surface area contributed by atoms with Crippen molar-refractivity contribution in [1.29, 1.82) is 0 Å². The SMILES string of the molecule is [C-]#[N+]/C(C(=O)OCCCCOC(=O)C=C)=C1/Sc2c(OC(=O)C3CCC(C4CCC(CCCC)CC4)CC3)ccc(OC(=O)C3CCC(C4CCC(CCCC)CC4)CC3)c2N1CCCCOC(=O)C=C. The molecule has 1 aliphatic heterocycles. The molecule has 0 spiro atoms. The third-order valence-electron chi connectivity index (χ3n) is 16.3. The molecule has 4 saturated carbocycles. The van der Waals surface area contributed by atoms with Gasteiger partial charge in [0.2, 0.25) is 0 Å². The van der Waals surface area contributed by atoms with Crippen LogP contribution in [0.5, 0.6) is 11.5 Å². The van der Waals surface area contributed by atoms with Gasteiger partial charge < -0.3 is 28.6 Å². The van der Waals surface area contributed by atoms with Crippen LogP contribution in [-0.2, 0) is 38.2 Å². The molecule has 0 radical (unpaired) electrons. The lowest BCUT2D eigenvalue weighted by atomic mass is 9.68. The fourth-order valence-corrected chi connectivity index (χ4v) is 13.3. The lowest BCUT2D eigenvalue weighted by molar-refractivity contribution is -0.141. The number of rotatable bonds is 25. The average molecular weight is 999 g/mol. The molecule has 1 aromatic rings. The minimum absolute atomic E-state index is 0.0142. The van der Waals surface area contributed by atoms with E-state index in [2.05, 4.69) is 31.9 Å². The molecule has 71 heavy (non-hydrogen) atoms. The van der Waals surface area contributed by atoms with Gasteiger partial charge >= 0.3 is 29.8 Å². The third-order valence-corrected chi connectivity index (χ3v) is 17.5. The molecule has 12 nitrogen and oxygen atoms in total. The standard InChI is InChI=1S/C58H82N2O10S/c1-6-10-16-40-18-22-42(23-19-40)44-26-30-46(31-27-44)56(63)69-48-34-35-49(70-57(64)47-32-28-45(29-33-47)43-24-20-41(21-25-43)17-11-7-2)54-53(48)60(36-12-13-37-66-50(61)8-3)55(71-54)52(59-5)58(65)68-39-15-14-38-67-51(62)9-4/h8-9,34-35,40-47H,3-4,6-7,10-33,36-39H2,1-2H3/b55-52+. The van der Waals surface area contributed by atoms with Crippen LogP contribution in [0.4, 0.5) is 5.69 Å². The van der Waals surface area contributed by atoms with Gasteiger partial charge in [0.25, 0.3) is 5.70 Å². The fraction of sp³-hybridized carbons (Fsp3) is 0.690. The van der Waals surface area contributed by atoms with Gasteiger partial charge in [-0.3, -0.25) is 14.4 Å². The predicted molar refractivity (Wildman–Crippen MR) is 277 cm³/mol. The van der Waals surface area contributed by atoms with E-state index in [9.17, 15) is 24.0 Å². The number of unbranched alkanes of at least 4 members (excludes halogenated alkanes) is 4. The molecule has 0 aromatic heterocycles. The molecule has 0 saturated heterocycles. The molecule has 4 fully saturated rings. The number of fused-ring (bicyclic) bond motifs is 1. The number of benzene rings is 1. The van der Waals surface area contributed by atoms with Crippen molar-refractivity contribution in [1.82, 2.24) is 0 Å². The minimum Gasteiger partial charge on any atom is -0.470 e. The number of carbonyl (C=O) groups excluding carboxylic acids is 5. The van der Waals surface area contributed by atoms with Crippen LogP contribution in [-0.4, -0.2) is 56.2 Å². The van der Waals surface area contributed by atoms with Crippen LogP contribution < -0.4 is 14.4 Å². The quantitative estimate of drug-likeness (QED) is 0.0230. The summed E-state index contributed by atoms with van der Waals surface area (Å²) in [6.45, 7) is 20.2. The summed E-state index contributed by atoms with van der Waals surface area (Å²) in [5.41, 5.74) is 0.170. The highest BCUT2D eigenvalue weighted by Crippen LogP contribution is 2.57. The maximum atomic E-state index is 14.2. The number of hydrogen-bond donors (Lipinski definition) is 0. The monoisotopic (exact) mass is 999 g/mol. The summed E-state index contributed by atoms with van der Waals surface area (Å²) in [5, 5.41) is 0.263. The van der Waals surface area contributed by atoms with Crippen molar-refractivity contribution in [3.05, 3.63) is 59.6 Å². The molecule has 390 valence electrons.